The number of nitriles is 1. The van der Waals surface area contributed by atoms with Gasteiger partial charge >= 0.3 is 0 Å². The van der Waals surface area contributed by atoms with Crippen molar-refractivity contribution < 1.29 is 0 Å². The molecule has 1 atom stereocenters. The van der Waals surface area contributed by atoms with Crippen LogP contribution >= 0.6 is 12.4 Å². The summed E-state index contributed by atoms with van der Waals surface area (Å²) in [6.07, 6.45) is 1.94. The molecule has 13 heavy (non-hydrogen) atoms. The summed E-state index contributed by atoms with van der Waals surface area (Å²) >= 11 is 0. The fraction of sp³-hybridized carbons (Fsp3) is 0.300. The Bertz CT molecular complexity index is 354. The topological polar surface area (TPSA) is 49.8 Å². The first-order valence-corrected chi connectivity index (χ1v) is 4.10. The van der Waals surface area contributed by atoms with Gasteiger partial charge in [-0.05, 0) is 30.0 Å². The fourth-order valence-electron chi connectivity index (χ4n) is 1.79. The van der Waals surface area contributed by atoms with Gasteiger partial charge in [0.1, 0.15) is 0 Å². The summed E-state index contributed by atoms with van der Waals surface area (Å²) in [4.78, 5) is 0. The summed E-state index contributed by atoms with van der Waals surface area (Å²) in [7, 11) is 0. The predicted molar refractivity (Wildman–Crippen MR) is 53.7 cm³/mol. The van der Waals surface area contributed by atoms with E-state index in [2.05, 4.69) is 6.07 Å². The van der Waals surface area contributed by atoms with E-state index in [-0.39, 0.29) is 18.4 Å². The molecule has 0 amide bonds. The lowest BCUT2D eigenvalue weighted by atomic mass is 10.0. The first kappa shape index (κ1) is 10.0. The van der Waals surface area contributed by atoms with Gasteiger partial charge in [-0.1, -0.05) is 12.1 Å². The number of nitrogens with zero attached hydrogens (tertiary/aromatic N) is 1. The Hall–Kier alpha value is -1.04. The molecule has 2 nitrogen and oxygen atoms in total. The molecule has 0 spiro atoms. The van der Waals surface area contributed by atoms with Crippen LogP contribution in [0.15, 0.2) is 18.2 Å². The van der Waals surface area contributed by atoms with Crippen LogP contribution in [-0.2, 0) is 6.42 Å². The third kappa shape index (κ3) is 1.53. The van der Waals surface area contributed by atoms with Crippen molar-refractivity contribution in [1.29, 1.82) is 5.26 Å². The zero-order valence-electron chi connectivity index (χ0n) is 7.16. The standard InChI is InChI=1S/C10H10N2.ClH/c11-6-7-2-1-3-9-8(7)4-5-10(9)12;/h1-3,10H,4-5,12H2;1H. The molecule has 68 valence electrons. The average molecular weight is 195 g/mol. The highest BCUT2D eigenvalue weighted by molar-refractivity contribution is 5.85. The summed E-state index contributed by atoms with van der Waals surface area (Å²) in [5.74, 6) is 0. The summed E-state index contributed by atoms with van der Waals surface area (Å²) in [6.45, 7) is 0. The van der Waals surface area contributed by atoms with Gasteiger partial charge in [0.15, 0.2) is 0 Å². The van der Waals surface area contributed by atoms with Gasteiger partial charge in [0.2, 0.25) is 0 Å². The van der Waals surface area contributed by atoms with Crippen molar-refractivity contribution in [2.24, 2.45) is 5.73 Å². The maximum absolute atomic E-state index is 8.80. The quantitative estimate of drug-likeness (QED) is 0.686. The molecule has 1 unspecified atom stereocenters. The maximum Gasteiger partial charge on any atom is 0.0994 e. The Morgan fingerprint density at radius 3 is 2.92 bits per heavy atom. The molecule has 2 rings (SSSR count). The molecular formula is C10H11ClN2. The molecule has 2 N–H and O–H groups in total. The number of benzene rings is 1. The van der Waals surface area contributed by atoms with Crippen LogP contribution in [0.25, 0.3) is 0 Å². The summed E-state index contributed by atoms with van der Waals surface area (Å²) < 4.78 is 0. The highest BCUT2D eigenvalue weighted by Gasteiger charge is 2.20. The number of hydrogen-bond acceptors (Lipinski definition) is 2. The second kappa shape index (κ2) is 3.78. The van der Waals surface area contributed by atoms with Crippen molar-refractivity contribution in [3.63, 3.8) is 0 Å². The smallest absolute Gasteiger partial charge is 0.0994 e. The van der Waals surface area contributed by atoms with E-state index in [1.807, 2.05) is 18.2 Å². The molecule has 0 aliphatic heterocycles. The summed E-state index contributed by atoms with van der Waals surface area (Å²) in [5, 5.41) is 8.80. The zero-order valence-corrected chi connectivity index (χ0v) is 7.97. The summed E-state index contributed by atoms with van der Waals surface area (Å²) in [6, 6.07) is 8.12. The van der Waals surface area contributed by atoms with E-state index < -0.39 is 0 Å². The van der Waals surface area contributed by atoms with Crippen LogP contribution in [0.4, 0.5) is 0 Å². The lowest BCUT2D eigenvalue weighted by molar-refractivity contribution is 0.713. The van der Waals surface area contributed by atoms with Crippen molar-refractivity contribution >= 4 is 12.4 Å². The largest absolute Gasteiger partial charge is 0.324 e. The molecule has 0 saturated carbocycles. The molecule has 0 radical (unpaired) electrons. The van der Waals surface area contributed by atoms with Gasteiger partial charge in [-0.15, -0.1) is 12.4 Å². The highest BCUT2D eigenvalue weighted by Crippen LogP contribution is 2.30. The molecule has 0 heterocycles. The second-order valence-electron chi connectivity index (χ2n) is 3.13. The van der Waals surface area contributed by atoms with Crippen LogP contribution in [0, 0.1) is 11.3 Å². The Balaban J connectivity index is 0.000000845. The molecule has 1 aliphatic carbocycles. The van der Waals surface area contributed by atoms with Crippen molar-refractivity contribution in [2.45, 2.75) is 18.9 Å². The second-order valence-corrected chi connectivity index (χ2v) is 3.13. The van der Waals surface area contributed by atoms with Crippen molar-refractivity contribution in [3.8, 4) is 6.07 Å². The van der Waals surface area contributed by atoms with Crippen LogP contribution in [0.3, 0.4) is 0 Å². The number of halogens is 1. The monoisotopic (exact) mass is 194 g/mol. The van der Waals surface area contributed by atoms with Gasteiger partial charge in [-0.25, -0.2) is 0 Å². The summed E-state index contributed by atoms with van der Waals surface area (Å²) in [5.41, 5.74) is 8.97. The van der Waals surface area contributed by atoms with Gasteiger partial charge in [0, 0.05) is 6.04 Å². The molecule has 3 heteroatoms. The third-order valence-corrected chi connectivity index (χ3v) is 2.44. The predicted octanol–water partition coefficient (Wildman–Crippen LogP) is 1.93. The van der Waals surface area contributed by atoms with Gasteiger partial charge in [0.25, 0.3) is 0 Å². The fourth-order valence-corrected chi connectivity index (χ4v) is 1.79. The SMILES string of the molecule is Cl.N#Cc1cccc2c1CCC2N. The number of rotatable bonds is 0. The lowest BCUT2D eigenvalue weighted by Crippen LogP contribution is -2.04. The number of hydrogen-bond donors (Lipinski definition) is 1. The Morgan fingerprint density at radius 1 is 1.46 bits per heavy atom. The van der Waals surface area contributed by atoms with E-state index in [1.54, 1.807) is 0 Å². The molecule has 0 aromatic heterocycles. The minimum atomic E-state index is 0. The maximum atomic E-state index is 8.80. The van der Waals surface area contributed by atoms with E-state index in [4.69, 9.17) is 11.0 Å². The molecule has 1 aromatic carbocycles. The molecule has 0 saturated heterocycles. The molecular weight excluding hydrogens is 184 g/mol. The molecule has 0 fully saturated rings. The number of nitrogens with two attached hydrogens (primary N) is 1. The Kier molecular flexibility index (Phi) is 2.92. The van der Waals surface area contributed by atoms with E-state index in [9.17, 15) is 0 Å². The lowest BCUT2D eigenvalue weighted by Gasteiger charge is -2.03. The molecule has 0 bridgehead atoms. The van der Waals surface area contributed by atoms with Crippen LogP contribution in [0.5, 0.6) is 0 Å². The highest BCUT2D eigenvalue weighted by atomic mass is 35.5. The van der Waals surface area contributed by atoms with Gasteiger partial charge in [-0.3, -0.25) is 0 Å². The van der Waals surface area contributed by atoms with Crippen LogP contribution in [-0.4, -0.2) is 0 Å². The van der Waals surface area contributed by atoms with E-state index >= 15 is 0 Å². The van der Waals surface area contributed by atoms with Gasteiger partial charge < -0.3 is 5.73 Å². The first-order chi connectivity index (χ1) is 5.83. The normalized spacial score (nSPS) is 18.6. The van der Waals surface area contributed by atoms with E-state index in [0.29, 0.717) is 0 Å². The van der Waals surface area contributed by atoms with E-state index in [1.165, 1.54) is 0 Å². The minimum Gasteiger partial charge on any atom is -0.324 e. The van der Waals surface area contributed by atoms with Crippen LogP contribution < -0.4 is 5.73 Å². The zero-order chi connectivity index (χ0) is 8.55. The van der Waals surface area contributed by atoms with Gasteiger partial charge in [0.05, 0.1) is 11.6 Å². The Morgan fingerprint density at radius 2 is 2.23 bits per heavy atom. The van der Waals surface area contributed by atoms with Crippen molar-refractivity contribution in [1.82, 2.24) is 0 Å². The molecule has 1 aromatic rings. The Labute approximate surface area is 83.8 Å². The molecule has 1 aliphatic rings. The van der Waals surface area contributed by atoms with Crippen LogP contribution in [0.1, 0.15) is 29.2 Å². The van der Waals surface area contributed by atoms with Crippen molar-refractivity contribution in [3.05, 3.63) is 34.9 Å². The van der Waals surface area contributed by atoms with Crippen LogP contribution in [0.2, 0.25) is 0 Å². The minimum absolute atomic E-state index is 0. The first-order valence-electron chi connectivity index (χ1n) is 4.10. The van der Waals surface area contributed by atoms with Crippen molar-refractivity contribution in [2.75, 3.05) is 0 Å². The average Bonchev–Trinajstić information content (AvgIpc) is 2.48. The van der Waals surface area contributed by atoms with Gasteiger partial charge in [-0.2, -0.15) is 5.26 Å². The van der Waals surface area contributed by atoms with E-state index in [0.717, 1.165) is 29.5 Å². The third-order valence-electron chi connectivity index (χ3n) is 2.44. The number of fused-ring (bicyclic) bond motifs is 1.